The summed E-state index contributed by atoms with van der Waals surface area (Å²) in [6.45, 7) is 0. The molecule has 2 N–H and O–H groups in total. The lowest BCUT2D eigenvalue weighted by molar-refractivity contribution is 0.831. The smallest absolute Gasteiger partial charge is 0.0409 e. The maximum atomic E-state index is 6.16. The summed E-state index contributed by atoms with van der Waals surface area (Å²) in [6, 6.07) is 15.9. The summed E-state index contributed by atoms with van der Waals surface area (Å²) in [5.41, 5.74) is 7.23. The largest absolute Gasteiger partial charge is 0.323 e. The Balaban J connectivity index is 1.98. The van der Waals surface area contributed by atoms with Crippen LogP contribution in [0.4, 0.5) is 0 Å². The van der Waals surface area contributed by atoms with E-state index < -0.39 is 0 Å². The summed E-state index contributed by atoms with van der Waals surface area (Å²) in [4.78, 5) is 1.21. The van der Waals surface area contributed by atoms with Crippen LogP contribution in [-0.2, 0) is 0 Å². The van der Waals surface area contributed by atoms with E-state index in [2.05, 4.69) is 28.1 Å². The second-order valence-electron chi connectivity index (χ2n) is 3.93. The van der Waals surface area contributed by atoms with Crippen LogP contribution < -0.4 is 5.73 Å². The summed E-state index contributed by atoms with van der Waals surface area (Å²) in [6.07, 6.45) is 0. The first-order chi connectivity index (χ1) is 8.65. The van der Waals surface area contributed by atoms with Crippen molar-refractivity contribution in [3.8, 4) is 0 Å². The zero-order chi connectivity index (χ0) is 13.0. The van der Waals surface area contributed by atoms with Gasteiger partial charge in [0.25, 0.3) is 0 Å². The molecule has 1 atom stereocenters. The highest BCUT2D eigenvalue weighted by atomic mass is 79.9. The van der Waals surface area contributed by atoms with Crippen molar-refractivity contribution < 1.29 is 0 Å². The molecule has 0 spiro atoms. The van der Waals surface area contributed by atoms with E-state index in [0.717, 1.165) is 20.8 Å². The van der Waals surface area contributed by atoms with Crippen molar-refractivity contribution >= 4 is 39.3 Å². The van der Waals surface area contributed by atoms with Crippen LogP contribution in [0.15, 0.2) is 57.9 Å². The van der Waals surface area contributed by atoms with Gasteiger partial charge in [0.15, 0.2) is 0 Å². The lowest BCUT2D eigenvalue weighted by Gasteiger charge is -2.12. The number of thioether (sulfide) groups is 1. The molecule has 0 saturated heterocycles. The van der Waals surface area contributed by atoms with Crippen LogP contribution in [0.1, 0.15) is 11.6 Å². The SMILES string of the molecule is NC(CSc1cccc(Br)c1)c1cccc(Cl)c1. The summed E-state index contributed by atoms with van der Waals surface area (Å²) in [5, 5.41) is 0.732. The molecule has 0 saturated carbocycles. The first kappa shape index (κ1) is 13.9. The highest BCUT2D eigenvalue weighted by molar-refractivity contribution is 9.10. The average Bonchev–Trinajstić information content (AvgIpc) is 2.36. The third kappa shape index (κ3) is 4.02. The molecule has 0 fully saturated rings. The molecule has 94 valence electrons. The van der Waals surface area contributed by atoms with Crippen molar-refractivity contribution in [2.24, 2.45) is 5.73 Å². The lowest BCUT2D eigenvalue weighted by Crippen LogP contribution is -2.12. The predicted octanol–water partition coefficient (Wildman–Crippen LogP) is 4.89. The van der Waals surface area contributed by atoms with Gasteiger partial charge in [0.2, 0.25) is 0 Å². The Morgan fingerprint density at radius 3 is 2.67 bits per heavy atom. The molecule has 0 bridgehead atoms. The molecule has 0 aliphatic carbocycles. The minimum atomic E-state index is -0.00678. The standard InChI is InChI=1S/C14H13BrClNS/c15-11-4-2-6-13(8-11)18-9-14(17)10-3-1-5-12(16)7-10/h1-8,14H,9,17H2. The zero-order valence-electron chi connectivity index (χ0n) is 9.64. The molecule has 18 heavy (non-hydrogen) atoms. The topological polar surface area (TPSA) is 26.0 Å². The summed E-state index contributed by atoms with van der Waals surface area (Å²) in [5.74, 6) is 0.830. The van der Waals surface area contributed by atoms with Gasteiger partial charge in [0.05, 0.1) is 0 Å². The third-order valence-electron chi connectivity index (χ3n) is 2.50. The number of hydrogen-bond donors (Lipinski definition) is 1. The highest BCUT2D eigenvalue weighted by Crippen LogP contribution is 2.26. The van der Waals surface area contributed by atoms with E-state index in [9.17, 15) is 0 Å². The quantitative estimate of drug-likeness (QED) is 0.800. The van der Waals surface area contributed by atoms with E-state index in [1.165, 1.54) is 4.90 Å². The van der Waals surface area contributed by atoms with Gasteiger partial charge in [-0.25, -0.2) is 0 Å². The van der Waals surface area contributed by atoms with Crippen LogP contribution in [0.5, 0.6) is 0 Å². The fourth-order valence-corrected chi connectivity index (χ4v) is 3.28. The molecule has 0 aromatic heterocycles. The Hall–Kier alpha value is -0.480. The maximum Gasteiger partial charge on any atom is 0.0409 e. The van der Waals surface area contributed by atoms with E-state index in [1.807, 2.05) is 36.4 Å². The zero-order valence-corrected chi connectivity index (χ0v) is 12.8. The van der Waals surface area contributed by atoms with E-state index in [-0.39, 0.29) is 6.04 Å². The van der Waals surface area contributed by atoms with Gasteiger partial charge in [0.1, 0.15) is 0 Å². The number of nitrogens with two attached hydrogens (primary N) is 1. The Labute approximate surface area is 125 Å². The number of halogens is 2. The second kappa shape index (κ2) is 6.62. The minimum absolute atomic E-state index is 0.00678. The van der Waals surface area contributed by atoms with Crippen LogP contribution in [0.3, 0.4) is 0 Å². The Morgan fingerprint density at radius 2 is 1.94 bits per heavy atom. The Kier molecular flexibility index (Phi) is 5.13. The van der Waals surface area contributed by atoms with Gasteiger partial charge in [-0.05, 0) is 35.9 Å². The normalized spacial score (nSPS) is 12.4. The van der Waals surface area contributed by atoms with Crippen LogP contribution in [0, 0.1) is 0 Å². The van der Waals surface area contributed by atoms with Gasteiger partial charge >= 0.3 is 0 Å². The molecule has 0 aliphatic heterocycles. The molecule has 0 radical (unpaired) electrons. The van der Waals surface area contributed by atoms with Gasteiger partial charge in [-0.15, -0.1) is 11.8 Å². The second-order valence-corrected chi connectivity index (χ2v) is 6.38. The van der Waals surface area contributed by atoms with Crippen molar-refractivity contribution in [1.29, 1.82) is 0 Å². The number of hydrogen-bond acceptors (Lipinski definition) is 2. The summed E-state index contributed by atoms with van der Waals surface area (Å²) in [7, 11) is 0. The summed E-state index contributed by atoms with van der Waals surface area (Å²) >= 11 is 11.2. The maximum absolute atomic E-state index is 6.16. The van der Waals surface area contributed by atoms with Gasteiger partial charge in [-0.2, -0.15) is 0 Å². The molecule has 1 nitrogen and oxygen atoms in total. The molecule has 0 aliphatic rings. The Morgan fingerprint density at radius 1 is 1.17 bits per heavy atom. The fourth-order valence-electron chi connectivity index (χ4n) is 1.58. The molecule has 0 amide bonds. The minimum Gasteiger partial charge on any atom is -0.323 e. The van der Waals surface area contributed by atoms with Gasteiger partial charge < -0.3 is 5.73 Å². The molecule has 0 heterocycles. The highest BCUT2D eigenvalue weighted by Gasteiger charge is 2.07. The van der Waals surface area contributed by atoms with Gasteiger partial charge in [0, 0.05) is 26.2 Å². The van der Waals surface area contributed by atoms with E-state index in [0.29, 0.717) is 0 Å². The molecular weight excluding hydrogens is 330 g/mol. The van der Waals surface area contributed by atoms with Crippen molar-refractivity contribution in [3.05, 3.63) is 63.6 Å². The number of rotatable bonds is 4. The number of benzene rings is 2. The van der Waals surface area contributed by atoms with Crippen molar-refractivity contribution in [3.63, 3.8) is 0 Å². The fraction of sp³-hybridized carbons (Fsp3) is 0.143. The van der Waals surface area contributed by atoms with E-state index in [4.69, 9.17) is 17.3 Å². The van der Waals surface area contributed by atoms with Gasteiger partial charge in [-0.1, -0.05) is 45.7 Å². The van der Waals surface area contributed by atoms with Crippen LogP contribution in [-0.4, -0.2) is 5.75 Å². The van der Waals surface area contributed by atoms with Crippen LogP contribution in [0.2, 0.25) is 5.02 Å². The molecule has 2 rings (SSSR count). The van der Waals surface area contributed by atoms with Crippen molar-refractivity contribution in [2.75, 3.05) is 5.75 Å². The van der Waals surface area contributed by atoms with E-state index >= 15 is 0 Å². The van der Waals surface area contributed by atoms with Crippen LogP contribution in [0.25, 0.3) is 0 Å². The predicted molar refractivity (Wildman–Crippen MR) is 83.2 cm³/mol. The van der Waals surface area contributed by atoms with Gasteiger partial charge in [-0.3, -0.25) is 0 Å². The molecule has 1 unspecified atom stereocenters. The molecule has 4 heteroatoms. The first-order valence-corrected chi connectivity index (χ1v) is 7.70. The monoisotopic (exact) mass is 341 g/mol. The molecule has 2 aromatic rings. The third-order valence-corrected chi connectivity index (χ3v) is 4.34. The van der Waals surface area contributed by atoms with Crippen molar-refractivity contribution in [2.45, 2.75) is 10.9 Å². The van der Waals surface area contributed by atoms with E-state index in [1.54, 1.807) is 11.8 Å². The lowest BCUT2D eigenvalue weighted by atomic mass is 10.1. The average molecular weight is 343 g/mol. The Bertz CT molecular complexity index is 533. The van der Waals surface area contributed by atoms with Crippen molar-refractivity contribution in [1.82, 2.24) is 0 Å². The molecular formula is C14H13BrClNS. The first-order valence-electron chi connectivity index (χ1n) is 5.54. The summed E-state index contributed by atoms with van der Waals surface area (Å²) < 4.78 is 1.09. The van der Waals surface area contributed by atoms with Crippen LogP contribution >= 0.6 is 39.3 Å². The molecule has 2 aromatic carbocycles.